The molecule has 0 aromatic heterocycles. The molecule has 3 N–H and O–H groups in total. The molecule has 2 aliphatic heterocycles. The summed E-state index contributed by atoms with van der Waals surface area (Å²) in [6.07, 6.45) is 18.4. The van der Waals surface area contributed by atoms with Gasteiger partial charge in [0.25, 0.3) is 0 Å². The van der Waals surface area contributed by atoms with Gasteiger partial charge in [0.1, 0.15) is 23.7 Å². The molecule has 352 valence electrons. The molecule has 10 heteroatoms. The number of allylic oxidation sites excluding steroid dienone is 6. The van der Waals surface area contributed by atoms with Gasteiger partial charge in [-0.2, -0.15) is 0 Å². The van der Waals surface area contributed by atoms with Crippen LogP contribution in [0.4, 0.5) is 0 Å². The first-order chi connectivity index (χ1) is 29.1. The van der Waals surface area contributed by atoms with Crippen LogP contribution in [-0.2, 0) is 28.7 Å². The second-order valence-electron chi connectivity index (χ2n) is 20.3. The van der Waals surface area contributed by atoms with Gasteiger partial charge in [-0.05, 0) is 132 Å². The Labute approximate surface area is 375 Å². The van der Waals surface area contributed by atoms with E-state index in [0.717, 1.165) is 69.8 Å². The lowest BCUT2D eigenvalue weighted by Gasteiger charge is -2.38. The van der Waals surface area contributed by atoms with Crippen LogP contribution in [-0.4, -0.2) is 93.4 Å². The monoisotopic (exact) mass is 868 g/mol. The summed E-state index contributed by atoms with van der Waals surface area (Å²) >= 11 is 0. The Hall–Kier alpha value is -2.92. The number of nitrogens with zero attached hydrogens (tertiary/aromatic N) is 1. The zero-order valence-corrected chi connectivity index (χ0v) is 40.3. The van der Waals surface area contributed by atoms with E-state index in [9.17, 15) is 34.5 Å². The standard InChI is InChI=1S/C52H85NO9/c1-33-17-13-12-14-18-35(3)46(61-11)28-34(2)20-21-40(8)52(10,60)32-48(56)53-26-16-15-19-44(53)51(59)62-47(37(5)30-42-22-24-43(54)25-23-42)31-45(55)36(4)29-39(7)50(58)41(9)49(57)38(6)27-33/h12-14,17-18,29,33-34,36-38,40-44,46-47,50,54,58,60H,15-16,19-28,30-32H2,1-11H3/b14-12+,17-13+,35-18+,39-29+/t33-,34+,36-,37-,38-,40-,41+,42-,43-,44?,46+,47+,50-,52-/m1/s1. The van der Waals surface area contributed by atoms with Crippen molar-refractivity contribution in [1.29, 1.82) is 0 Å². The molecule has 1 saturated heterocycles. The highest BCUT2D eigenvalue weighted by molar-refractivity contribution is 5.87. The lowest BCUT2D eigenvalue weighted by molar-refractivity contribution is -0.166. The van der Waals surface area contributed by atoms with Crippen LogP contribution in [0.25, 0.3) is 0 Å². The number of aliphatic hydroxyl groups is 3. The van der Waals surface area contributed by atoms with E-state index in [-0.39, 0.29) is 66.2 Å². The van der Waals surface area contributed by atoms with Crippen LogP contribution < -0.4 is 0 Å². The fourth-order valence-corrected chi connectivity index (χ4v) is 9.85. The number of hydrogen-bond acceptors (Lipinski definition) is 9. The van der Waals surface area contributed by atoms with Crippen molar-refractivity contribution in [3.8, 4) is 0 Å². The van der Waals surface area contributed by atoms with Crippen molar-refractivity contribution in [1.82, 2.24) is 4.90 Å². The minimum Gasteiger partial charge on any atom is -0.460 e. The number of cyclic esters (lactones) is 1. The number of amides is 1. The highest BCUT2D eigenvalue weighted by Gasteiger charge is 2.40. The number of aliphatic hydroxyl groups excluding tert-OH is 2. The van der Waals surface area contributed by atoms with Crippen LogP contribution in [0, 0.1) is 47.3 Å². The zero-order chi connectivity index (χ0) is 46.3. The highest BCUT2D eigenvalue weighted by atomic mass is 16.5. The van der Waals surface area contributed by atoms with E-state index in [4.69, 9.17) is 9.47 Å². The van der Waals surface area contributed by atoms with Crippen LogP contribution >= 0.6 is 0 Å². The predicted octanol–water partition coefficient (Wildman–Crippen LogP) is 9.30. The van der Waals surface area contributed by atoms with Crippen LogP contribution in [0.2, 0.25) is 0 Å². The SMILES string of the molecule is CO[C@H]1C[C@@H](C)CC[C@@H](C)[C@](C)(O)CC(=O)N2CCCCC2C(=O)O[C@H]([C@H](C)C[C@H]2CC[C@H](O)CC2)CC(=O)[C@H](C)/C=C(\C)[C@@H](O)[C@@H](C)C(=O)[C@H](C)C[C@H](C)/C=C/C=C/C=C/1C. The average molecular weight is 868 g/mol. The van der Waals surface area contributed by atoms with Crippen molar-refractivity contribution in [3.05, 3.63) is 47.6 Å². The van der Waals surface area contributed by atoms with Gasteiger partial charge in [-0.1, -0.05) is 91.3 Å². The summed E-state index contributed by atoms with van der Waals surface area (Å²) in [4.78, 5) is 57.4. The first kappa shape index (κ1) is 53.4. The van der Waals surface area contributed by atoms with E-state index in [1.165, 1.54) is 0 Å². The van der Waals surface area contributed by atoms with Gasteiger partial charge in [-0.25, -0.2) is 4.79 Å². The molecule has 1 saturated carbocycles. The molecule has 10 nitrogen and oxygen atoms in total. The fraction of sp³-hybridized carbons (Fsp3) is 0.769. The number of piperidine rings is 1. The second kappa shape index (κ2) is 25.5. The lowest BCUT2D eigenvalue weighted by atomic mass is 9.79. The summed E-state index contributed by atoms with van der Waals surface area (Å²) in [6.45, 7) is 19.6. The first-order valence-electron chi connectivity index (χ1n) is 24.0. The van der Waals surface area contributed by atoms with Crippen LogP contribution in [0.3, 0.4) is 0 Å². The van der Waals surface area contributed by atoms with E-state index >= 15 is 0 Å². The summed E-state index contributed by atoms with van der Waals surface area (Å²) < 4.78 is 12.2. The molecule has 0 bridgehead atoms. The van der Waals surface area contributed by atoms with Gasteiger partial charge in [0.2, 0.25) is 5.91 Å². The Balaban J connectivity index is 1.93. The Morgan fingerprint density at radius 3 is 2.21 bits per heavy atom. The smallest absolute Gasteiger partial charge is 0.329 e. The fourth-order valence-electron chi connectivity index (χ4n) is 9.85. The minimum absolute atomic E-state index is 0.0263. The summed E-state index contributed by atoms with van der Waals surface area (Å²) in [6, 6.07) is -0.811. The topological polar surface area (TPSA) is 151 Å². The zero-order valence-electron chi connectivity index (χ0n) is 40.3. The van der Waals surface area contributed by atoms with E-state index in [2.05, 4.69) is 32.9 Å². The predicted molar refractivity (Wildman–Crippen MR) is 247 cm³/mol. The van der Waals surface area contributed by atoms with Crippen molar-refractivity contribution < 1.29 is 44.0 Å². The Morgan fingerprint density at radius 1 is 0.871 bits per heavy atom. The molecule has 3 aliphatic rings. The van der Waals surface area contributed by atoms with E-state index in [1.54, 1.807) is 45.8 Å². The Kier molecular flexibility index (Phi) is 22.0. The third-order valence-electron chi connectivity index (χ3n) is 14.6. The van der Waals surface area contributed by atoms with Crippen LogP contribution in [0.1, 0.15) is 159 Å². The number of ether oxygens (including phenoxy) is 2. The summed E-state index contributed by atoms with van der Waals surface area (Å²) in [5.74, 6) is -2.08. The number of carbonyl (C=O) groups excluding carboxylic acids is 4. The average Bonchev–Trinajstić information content (AvgIpc) is 3.23. The number of fused-ring (bicyclic) bond motifs is 1. The third kappa shape index (κ3) is 16.6. The number of ketones is 2. The maximum Gasteiger partial charge on any atom is 0.329 e. The van der Waals surface area contributed by atoms with Crippen LogP contribution in [0.5, 0.6) is 0 Å². The number of carbonyl (C=O) groups is 4. The molecule has 2 heterocycles. The van der Waals surface area contributed by atoms with Crippen molar-refractivity contribution >= 4 is 23.4 Å². The lowest BCUT2D eigenvalue weighted by Crippen LogP contribution is -2.52. The molecule has 1 unspecified atom stereocenters. The summed E-state index contributed by atoms with van der Waals surface area (Å²) in [5, 5.41) is 33.2. The Bertz CT molecular complexity index is 1570. The van der Waals surface area contributed by atoms with Gasteiger partial charge < -0.3 is 29.7 Å². The maximum absolute atomic E-state index is 14.2. The number of rotatable bonds is 4. The normalized spacial score (nSPS) is 40.1. The van der Waals surface area contributed by atoms with Gasteiger partial charge in [-0.3, -0.25) is 14.4 Å². The van der Waals surface area contributed by atoms with Crippen molar-refractivity contribution in [3.63, 3.8) is 0 Å². The van der Waals surface area contributed by atoms with Gasteiger partial charge in [0.05, 0.1) is 30.3 Å². The molecule has 0 aromatic rings. The molecule has 0 spiro atoms. The van der Waals surface area contributed by atoms with Crippen molar-refractivity contribution in [2.24, 2.45) is 47.3 Å². The van der Waals surface area contributed by atoms with Gasteiger partial charge >= 0.3 is 5.97 Å². The molecule has 3 rings (SSSR count). The van der Waals surface area contributed by atoms with Crippen molar-refractivity contribution in [2.45, 2.75) is 195 Å². The van der Waals surface area contributed by atoms with Crippen LogP contribution in [0.15, 0.2) is 47.6 Å². The van der Waals surface area contributed by atoms with Gasteiger partial charge in [0, 0.05) is 37.8 Å². The molecule has 2 fully saturated rings. The van der Waals surface area contributed by atoms with E-state index in [1.807, 2.05) is 39.0 Å². The van der Waals surface area contributed by atoms with Gasteiger partial charge in [0.15, 0.2) is 0 Å². The van der Waals surface area contributed by atoms with Crippen molar-refractivity contribution in [2.75, 3.05) is 13.7 Å². The molecule has 12 atom stereocenters. The number of Topliss-reactive ketones (excluding diaryl/α,β-unsaturated/α-hetero) is 2. The molecular weight excluding hydrogens is 783 g/mol. The third-order valence-corrected chi connectivity index (χ3v) is 14.6. The van der Waals surface area contributed by atoms with Gasteiger partial charge in [-0.15, -0.1) is 0 Å². The number of hydrogen-bond donors (Lipinski definition) is 3. The number of esters is 1. The highest BCUT2D eigenvalue weighted by Crippen LogP contribution is 2.34. The molecule has 0 aromatic carbocycles. The maximum atomic E-state index is 14.2. The van der Waals surface area contributed by atoms with E-state index in [0.29, 0.717) is 36.8 Å². The number of methoxy groups -OCH3 is 1. The molecule has 62 heavy (non-hydrogen) atoms. The quantitative estimate of drug-likeness (QED) is 0.186. The first-order valence-corrected chi connectivity index (χ1v) is 24.0. The molecular formula is C52H85NO9. The molecule has 1 aliphatic carbocycles. The van der Waals surface area contributed by atoms with E-state index < -0.39 is 41.7 Å². The summed E-state index contributed by atoms with van der Waals surface area (Å²) in [7, 11) is 1.72. The molecule has 1 amide bonds. The second-order valence-corrected chi connectivity index (χ2v) is 20.3. The minimum atomic E-state index is -1.29. The largest absolute Gasteiger partial charge is 0.460 e. The molecule has 0 radical (unpaired) electrons. The summed E-state index contributed by atoms with van der Waals surface area (Å²) in [5.41, 5.74) is 0.363. The Morgan fingerprint density at radius 2 is 1.55 bits per heavy atom.